The third-order valence-corrected chi connectivity index (χ3v) is 16.6. The first-order chi connectivity index (χ1) is 35.2. The number of hydrogen-bond acceptors (Lipinski definition) is 2. The minimum atomic E-state index is -0.434. The van der Waals surface area contributed by atoms with E-state index in [4.69, 9.17) is 4.98 Å². The highest BCUT2D eigenvalue weighted by atomic mass is 32.1. The zero-order valence-electron chi connectivity index (χ0n) is 38.6. The van der Waals surface area contributed by atoms with Crippen LogP contribution < -0.4 is 0 Å². The highest BCUT2D eigenvalue weighted by Gasteiger charge is 2.46. The number of pyridine rings is 1. The zero-order chi connectivity index (χ0) is 46.6. The minimum Gasteiger partial charge on any atom is -0.291 e. The van der Waals surface area contributed by atoms with Crippen molar-refractivity contribution in [2.75, 3.05) is 0 Å². The SMILES string of the molecule is c1ccc(C2(c3ccccc3)c3ccccc3-c3c(-c4ccc(-c5ccc(-c6ccc(-c7cc8c9ccc%10ccccc%10c9sc8c8nc9ccccc9n78)cc6)c6ccccc56)cc4)cccc32)cc1. The van der Waals surface area contributed by atoms with Gasteiger partial charge in [-0.1, -0.05) is 237 Å². The zero-order valence-corrected chi connectivity index (χ0v) is 39.4. The van der Waals surface area contributed by atoms with Crippen LogP contribution in [-0.2, 0) is 5.41 Å². The van der Waals surface area contributed by atoms with E-state index in [1.807, 2.05) is 11.3 Å². The van der Waals surface area contributed by atoms with Gasteiger partial charge in [-0.3, -0.25) is 4.40 Å². The molecule has 0 bridgehead atoms. The van der Waals surface area contributed by atoms with Crippen molar-refractivity contribution < 1.29 is 0 Å². The van der Waals surface area contributed by atoms with Gasteiger partial charge in [-0.2, -0.15) is 0 Å². The number of imidazole rings is 1. The summed E-state index contributed by atoms with van der Waals surface area (Å²) in [4.78, 5) is 5.28. The largest absolute Gasteiger partial charge is 0.291 e. The molecule has 2 nitrogen and oxygen atoms in total. The van der Waals surface area contributed by atoms with Crippen molar-refractivity contribution in [2.45, 2.75) is 5.41 Å². The summed E-state index contributed by atoms with van der Waals surface area (Å²) in [5.74, 6) is 0. The van der Waals surface area contributed by atoms with E-state index >= 15 is 0 Å². The second-order valence-electron chi connectivity index (χ2n) is 18.9. The van der Waals surface area contributed by atoms with Crippen LogP contribution >= 0.6 is 11.3 Å². The highest BCUT2D eigenvalue weighted by Crippen LogP contribution is 2.58. The standard InChI is InChI=1S/C68H42N2S/c1-3-17-48(18-4-1)68(49-19-5-2-6-20-49)59-26-12-11-24-57(59)64-52(25-15-27-60(64)68)46-32-30-44(31-33-46)50-40-41-51(55-23-10-9-22-54(50)55)45-34-36-47(37-35-45)63-42-58-56-39-38-43-16-7-8-21-53(43)65(56)71-66(58)67-69-61-28-13-14-29-62(61)70(63)67/h1-42H. The van der Waals surface area contributed by atoms with E-state index in [2.05, 4.69) is 259 Å². The Labute approximate surface area is 415 Å². The number of benzene rings is 11. The van der Waals surface area contributed by atoms with Crippen LogP contribution in [-0.4, -0.2) is 9.38 Å². The Morgan fingerprint density at radius 2 is 0.901 bits per heavy atom. The van der Waals surface area contributed by atoms with Gasteiger partial charge in [0.25, 0.3) is 0 Å². The summed E-state index contributed by atoms with van der Waals surface area (Å²) >= 11 is 1.86. The van der Waals surface area contributed by atoms with Gasteiger partial charge in [0.1, 0.15) is 0 Å². The van der Waals surface area contributed by atoms with Crippen LogP contribution in [0.5, 0.6) is 0 Å². The Balaban J connectivity index is 0.815. The maximum atomic E-state index is 5.28. The summed E-state index contributed by atoms with van der Waals surface area (Å²) in [6.45, 7) is 0. The van der Waals surface area contributed by atoms with E-state index < -0.39 is 5.41 Å². The molecule has 0 N–H and O–H groups in total. The van der Waals surface area contributed by atoms with Crippen LogP contribution in [0.15, 0.2) is 255 Å². The van der Waals surface area contributed by atoms with E-state index in [-0.39, 0.29) is 0 Å². The fourth-order valence-electron chi connectivity index (χ4n) is 12.2. The van der Waals surface area contributed by atoms with Crippen molar-refractivity contribution in [2.24, 2.45) is 0 Å². The summed E-state index contributed by atoms with van der Waals surface area (Å²) in [6, 6.07) is 94.1. The van der Waals surface area contributed by atoms with E-state index in [0.29, 0.717) is 0 Å². The van der Waals surface area contributed by atoms with E-state index in [0.717, 1.165) is 27.9 Å². The van der Waals surface area contributed by atoms with E-state index in [1.54, 1.807) is 0 Å². The number of rotatable bonds is 6. The molecular weight excluding hydrogens is 877 g/mol. The van der Waals surface area contributed by atoms with E-state index in [9.17, 15) is 0 Å². The molecule has 3 heterocycles. The maximum absolute atomic E-state index is 5.28. The molecule has 1 aliphatic rings. The summed E-state index contributed by atoms with van der Waals surface area (Å²) in [5, 5.41) is 7.55. The fraction of sp³-hybridized carbons (Fsp3) is 0.0147. The van der Waals surface area contributed by atoms with Crippen molar-refractivity contribution in [3.05, 3.63) is 277 Å². The molecule has 14 aromatic rings. The molecule has 0 unspecified atom stereocenters. The average molecular weight is 919 g/mol. The molecular formula is C68H42N2S. The second-order valence-corrected chi connectivity index (χ2v) is 19.9. The number of nitrogens with zero attached hydrogens (tertiary/aromatic N) is 2. The molecule has 15 rings (SSSR count). The molecule has 0 amide bonds. The van der Waals surface area contributed by atoms with Crippen LogP contribution in [0.1, 0.15) is 22.3 Å². The van der Waals surface area contributed by atoms with Gasteiger partial charge in [-0.15, -0.1) is 11.3 Å². The van der Waals surface area contributed by atoms with Gasteiger partial charge >= 0.3 is 0 Å². The Morgan fingerprint density at radius 1 is 0.352 bits per heavy atom. The quantitative estimate of drug-likeness (QED) is 0.162. The molecule has 330 valence electrons. The van der Waals surface area contributed by atoms with Crippen LogP contribution in [0.2, 0.25) is 0 Å². The molecule has 0 saturated carbocycles. The van der Waals surface area contributed by atoms with Gasteiger partial charge in [0.05, 0.1) is 26.8 Å². The first kappa shape index (κ1) is 40.0. The van der Waals surface area contributed by atoms with Gasteiger partial charge in [0.15, 0.2) is 5.65 Å². The molecule has 3 aromatic heterocycles. The second kappa shape index (κ2) is 15.6. The Morgan fingerprint density at radius 3 is 1.61 bits per heavy atom. The molecule has 0 atom stereocenters. The van der Waals surface area contributed by atoms with Crippen molar-refractivity contribution in [3.63, 3.8) is 0 Å². The predicted molar refractivity (Wildman–Crippen MR) is 300 cm³/mol. The first-order valence-electron chi connectivity index (χ1n) is 24.4. The molecule has 0 fully saturated rings. The lowest BCUT2D eigenvalue weighted by atomic mass is 9.67. The monoisotopic (exact) mass is 918 g/mol. The molecule has 3 heteroatoms. The lowest BCUT2D eigenvalue weighted by Gasteiger charge is -2.34. The third kappa shape index (κ3) is 5.85. The van der Waals surface area contributed by atoms with Gasteiger partial charge in [-0.25, -0.2) is 4.98 Å². The fourth-order valence-corrected chi connectivity index (χ4v) is 13.5. The molecule has 0 radical (unpaired) electrons. The molecule has 1 aliphatic carbocycles. The van der Waals surface area contributed by atoms with Gasteiger partial charge in [0, 0.05) is 15.5 Å². The minimum absolute atomic E-state index is 0.434. The van der Waals surface area contributed by atoms with Gasteiger partial charge in [0.2, 0.25) is 0 Å². The van der Waals surface area contributed by atoms with Crippen molar-refractivity contribution in [1.29, 1.82) is 0 Å². The molecule has 11 aromatic carbocycles. The lowest BCUT2D eigenvalue weighted by molar-refractivity contribution is 0.768. The normalized spacial score (nSPS) is 12.9. The van der Waals surface area contributed by atoms with Crippen molar-refractivity contribution in [1.82, 2.24) is 9.38 Å². The number of thiophene rings is 1. The van der Waals surface area contributed by atoms with Gasteiger partial charge < -0.3 is 0 Å². The average Bonchev–Trinajstić information content (AvgIpc) is 4.13. The summed E-state index contributed by atoms with van der Waals surface area (Å²) < 4.78 is 4.90. The van der Waals surface area contributed by atoms with Crippen LogP contribution in [0.25, 0.3) is 114 Å². The van der Waals surface area contributed by atoms with Crippen molar-refractivity contribution >= 4 is 69.7 Å². The summed E-state index contributed by atoms with van der Waals surface area (Å²) in [6.07, 6.45) is 0. The van der Waals surface area contributed by atoms with Crippen LogP contribution in [0.4, 0.5) is 0 Å². The summed E-state index contributed by atoms with van der Waals surface area (Å²) in [7, 11) is 0. The molecule has 71 heavy (non-hydrogen) atoms. The van der Waals surface area contributed by atoms with Crippen LogP contribution in [0.3, 0.4) is 0 Å². The first-order valence-corrected chi connectivity index (χ1v) is 25.3. The number of para-hydroxylation sites is 2. The molecule has 0 spiro atoms. The predicted octanol–water partition coefficient (Wildman–Crippen LogP) is 18.2. The van der Waals surface area contributed by atoms with E-state index in [1.165, 1.54) is 108 Å². The van der Waals surface area contributed by atoms with Crippen LogP contribution in [0, 0.1) is 0 Å². The molecule has 0 saturated heterocycles. The highest BCUT2D eigenvalue weighted by molar-refractivity contribution is 7.27. The smallest absolute Gasteiger partial charge is 0.156 e. The topological polar surface area (TPSA) is 17.3 Å². The number of fused-ring (bicyclic) bond motifs is 13. The Hall–Kier alpha value is -8.89. The number of hydrogen-bond donors (Lipinski definition) is 0. The number of aromatic nitrogens is 2. The maximum Gasteiger partial charge on any atom is 0.156 e. The Kier molecular flexibility index (Phi) is 8.78. The van der Waals surface area contributed by atoms with Crippen molar-refractivity contribution in [3.8, 4) is 55.8 Å². The molecule has 0 aliphatic heterocycles. The third-order valence-electron chi connectivity index (χ3n) is 15.3. The Bertz CT molecular complexity index is 4390. The summed E-state index contributed by atoms with van der Waals surface area (Å²) in [5.41, 5.74) is 20.1. The lowest BCUT2D eigenvalue weighted by Crippen LogP contribution is -2.28. The van der Waals surface area contributed by atoms with Gasteiger partial charge in [-0.05, 0) is 112 Å².